The topological polar surface area (TPSA) is 78.0 Å². The number of rotatable bonds is 13. The normalized spacial score (nSPS) is 11.3. The monoisotopic (exact) mass is 639 g/mol. The Labute approximate surface area is 273 Å². The molecule has 0 aliphatic rings. The number of pyridine rings is 1. The fourth-order valence-electron chi connectivity index (χ4n) is 5.00. The van der Waals surface area contributed by atoms with Crippen molar-refractivity contribution in [2.75, 3.05) is 51.5 Å². The number of fused-ring (bicyclic) bond motifs is 1. The van der Waals surface area contributed by atoms with Crippen molar-refractivity contribution in [1.29, 1.82) is 0 Å². The van der Waals surface area contributed by atoms with E-state index in [0.29, 0.717) is 11.4 Å². The first kappa shape index (κ1) is 32.7. The maximum Gasteiger partial charge on any atom is 0.236 e. The van der Waals surface area contributed by atoms with Crippen LogP contribution in [0.4, 0.5) is 15.8 Å². The van der Waals surface area contributed by atoms with Crippen molar-refractivity contribution >= 4 is 44.7 Å². The predicted octanol–water partition coefficient (Wildman–Crippen LogP) is 7.27. The number of benzene rings is 3. The van der Waals surface area contributed by atoms with Gasteiger partial charge in [-0.05, 0) is 82.1 Å². The summed E-state index contributed by atoms with van der Waals surface area (Å²) in [4.78, 5) is 36.5. The summed E-state index contributed by atoms with van der Waals surface area (Å²) < 4.78 is 21.9. The molecule has 0 atom stereocenters. The number of ether oxygens (including phenoxy) is 1. The molecule has 0 spiro atoms. The van der Waals surface area contributed by atoms with Gasteiger partial charge in [-0.15, -0.1) is 11.3 Å². The highest BCUT2D eigenvalue weighted by molar-refractivity contribution is 7.22. The molecule has 0 bridgehead atoms. The van der Waals surface area contributed by atoms with Crippen molar-refractivity contribution in [3.05, 3.63) is 103 Å². The summed E-state index contributed by atoms with van der Waals surface area (Å²) in [7, 11) is 7.94. The van der Waals surface area contributed by atoms with Crippen LogP contribution in [0, 0.1) is 5.82 Å². The second-order valence-corrected chi connectivity index (χ2v) is 12.5. The highest BCUT2D eigenvalue weighted by Gasteiger charge is 2.17. The summed E-state index contributed by atoms with van der Waals surface area (Å²) in [5.74, 6) is -1.06. The lowest BCUT2D eigenvalue weighted by Gasteiger charge is -2.18. The summed E-state index contributed by atoms with van der Waals surface area (Å²) >= 11 is 1.54. The van der Waals surface area contributed by atoms with Crippen molar-refractivity contribution < 1.29 is 18.7 Å². The number of anilines is 2. The molecule has 238 valence electrons. The standard InChI is InChI=1S/C36H38FN5O3S/c1-40(2)19-8-20-41(3)24-25-11-13-26(14-12-25)33-22-30-36(46-33)32(17-18-38-30)45-31-16-15-27(21-29(31)37)39-34(43)23-35(44)42(4)28-9-6-5-7-10-28/h5-7,9-18,21-22H,8,19-20,23-24H2,1-4H3,(H,39,43). The van der Waals surface area contributed by atoms with Crippen LogP contribution in [-0.4, -0.2) is 67.9 Å². The van der Waals surface area contributed by atoms with Crippen LogP contribution in [-0.2, 0) is 16.1 Å². The fourth-order valence-corrected chi connectivity index (χ4v) is 6.07. The number of hydrogen-bond donors (Lipinski definition) is 1. The zero-order valence-electron chi connectivity index (χ0n) is 26.5. The van der Waals surface area contributed by atoms with E-state index in [9.17, 15) is 9.59 Å². The Hall–Kier alpha value is -4.64. The van der Waals surface area contributed by atoms with Crippen molar-refractivity contribution in [2.24, 2.45) is 0 Å². The van der Waals surface area contributed by atoms with Gasteiger partial charge >= 0.3 is 0 Å². The summed E-state index contributed by atoms with van der Waals surface area (Å²) in [5.41, 5.74) is 4.00. The lowest BCUT2D eigenvalue weighted by Crippen LogP contribution is -2.30. The van der Waals surface area contributed by atoms with Crippen LogP contribution < -0.4 is 15.0 Å². The molecule has 1 N–H and O–H groups in total. The first-order valence-electron chi connectivity index (χ1n) is 15.1. The number of amides is 2. The van der Waals surface area contributed by atoms with Crippen LogP contribution in [0.3, 0.4) is 0 Å². The maximum absolute atomic E-state index is 15.1. The van der Waals surface area contributed by atoms with Gasteiger partial charge in [-0.2, -0.15) is 0 Å². The molecular weight excluding hydrogens is 601 g/mol. The van der Waals surface area contributed by atoms with Crippen molar-refractivity contribution in [3.63, 3.8) is 0 Å². The van der Waals surface area contributed by atoms with Crippen molar-refractivity contribution in [2.45, 2.75) is 19.4 Å². The maximum atomic E-state index is 15.1. The lowest BCUT2D eigenvalue weighted by atomic mass is 10.1. The number of nitrogens with zero attached hydrogens (tertiary/aromatic N) is 4. The number of aromatic nitrogens is 1. The molecule has 2 aromatic heterocycles. The minimum Gasteiger partial charge on any atom is -0.453 e. The molecule has 10 heteroatoms. The fraction of sp³-hybridized carbons (Fsp3) is 0.250. The Morgan fingerprint density at radius 3 is 2.37 bits per heavy atom. The highest BCUT2D eigenvalue weighted by Crippen LogP contribution is 2.40. The third-order valence-electron chi connectivity index (χ3n) is 7.48. The van der Waals surface area contributed by atoms with Gasteiger partial charge in [0, 0.05) is 48.2 Å². The molecule has 0 saturated heterocycles. The first-order valence-corrected chi connectivity index (χ1v) is 15.9. The molecule has 2 amide bonds. The molecular formula is C36H38FN5O3S. The number of carbonyl (C=O) groups excluding carboxylic acids is 2. The van der Waals surface area contributed by atoms with E-state index in [4.69, 9.17) is 4.74 Å². The molecule has 0 aliphatic carbocycles. The van der Waals surface area contributed by atoms with E-state index >= 15 is 4.39 Å². The van der Waals surface area contributed by atoms with Crippen molar-refractivity contribution in [3.8, 4) is 21.9 Å². The summed E-state index contributed by atoms with van der Waals surface area (Å²) in [6.07, 6.45) is 2.39. The SMILES string of the molecule is CN(C)CCCN(C)Cc1ccc(-c2cc3nccc(Oc4ccc(NC(=O)CC(=O)N(C)c5ccccc5)cc4F)c3s2)cc1. The molecule has 0 fully saturated rings. The van der Waals surface area contributed by atoms with Crippen LogP contribution in [0.1, 0.15) is 18.4 Å². The van der Waals surface area contributed by atoms with E-state index < -0.39 is 11.7 Å². The molecule has 5 aromatic rings. The van der Waals surface area contributed by atoms with Crippen LogP contribution >= 0.6 is 11.3 Å². The third-order valence-corrected chi connectivity index (χ3v) is 8.66. The Bertz CT molecular complexity index is 1790. The Balaban J connectivity index is 1.21. The largest absolute Gasteiger partial charge is 0.453 e. The van der Waals surface area contributed by atoms with Crippen LogP contribution in [0.2, 0.25) is 0 Å². The van der Waals surface area contributed by atoms with E-state index in [0.717, 1.165) is 46.7 Å². The quantitative estimate of drug-likeness (QED) is 0.137. The molecule has 0 unspecified atom stereocenters. The van der Waals surface area contributed by atoms with E-state index in [2.05, 4.69) is 65.5 Å². The molecule has 46 heavy (non-hydrogen) atoms. The van der Waals surface area contributed by atoms with Crippen LogP contribution in [0.25, 0.3) is 20.7 Å². The van der Waals surface area contributed by atoms with E-state index in [1.807, 2.05) is 24.3 Å². The van der Waals surface area contributed by atoms with E-state index in [-0.39, 0.29) is 23.8 Å². The Kier molecular flexibility index (Phi) is 10.7. The summed E-state index contributed by atoms with van der Waals surface area (Å²) in [6.45, 7) is 3.00. The van der Waals surface area contributed by atoms with Gasteiger partial charge in [0.05, 0.1) is 10.2 Å². The van der Waals surface area contributed by atoms with Gasteiger partial charge in [0.25, 0.3) is 0 Å². The van der Waals surface area contributed by atoms with E-state index in [1.165, 1.54) is 33.9 Å². The number of nitrogens with one attached hydrogen (secondary N) is 1. The number of halogens is 1. The average Bonchev–Trinajstić information content (AvgIpc) is 3.48. The second kappa shape index (κ2) is 15.1. The van der Waals surface area contributed by atoms with Gasteiger partial charge in [0.2, 0.25) is 11.8 Å². The smallest absolute Gasteiger partial charge is 0.236 e. The van der Waals surface area contributed by atoms with Crippen LogP contribution in [0.5, 0.6) is 11.5 Å². The lowest BCUT2D eigenvalue weighted by molar-refractivity contribution is -0.125. The second-order valence-electron chi connectivity index (χ2n) is 11.5. The summed E-state index contributed by atoms with van der Waals surface area (Å²) in [6, 6.07) is 25.5. The van der Waals surface area contributed by atoms with Gasteiger partial charge in [-0.1, -0.05) is 42.5 Å². The molecule has 3 aromatic carbocycles. The predicted molar refractivity (Wildman–Crippen MR) is 184 cm³/mol. The average molecular weight is 640 g/mol. The van der Waals surface area contributed by atoms with E-state index in [1.54, 1.807) is 37.5 Å². The van der Waals surface area contributed by atoms with Gasteiger partial charge in [-0.25, -0.2) is 4.39 Å². The molecule has 2 heterocycles. The number of thiophene rings is 1. The Morgan fingerprint density at radius 2 is 1.65 bits per heavy atom. The Morgan fingerprint density at radius 1 is 0.891 bits per heavy atom. The highest BCUT2D eigenvalue weighted by atomic mass is 32.1. The van der Waals surface area contributed by atoms with Gasteiger partial charge in [0.1, 0.15) is 12.2 Å². The zero-order chi connectivity index (χ0) is 32.6. The molecule has 8 nitrogen and oxygen atoms in total. The molecule has 0 saturated carbocycles. The van der Waals surface area contributed by atoms with Gasteiger partial charge < -0.3 is 24.8 Å². The van der Waals surface area contributed by atoms with Gasteiger partial charge in [0.15, 0.2) is 11.6 Å². The minimum atomic E-state index is -0.644. The van der Waals surface area contributed by atoms with Crippen LogP contribution in [0.15, 0.2) is 91.1 Å². The number of carbonyl (C=O) groups is 2. The third kappa shape index (κ3) is 8.54. The van der Waals surface area contributed by atoms with Crippen molar-refractivity contribution in [1.82, 2.24) is 14.8 Å². The zero-order valence-corrected chi connectivity index (χ0v) is 27.3. The summed E-state index contributed by atoms with van der Waals surface area (Å²) in [5, 5.41) is 2.59. The molecule has 5 rings (SSSR count). The first-order chi connectivity index (χ1) is 22.2. The van der Waals surface area contributed by atoms with Gasteiger partial charge in [-0.3, -0.25) is 14.6 Å². The molecule has 0 aliphatic heterocycles. The number of hydrogen-bond acceptors (Lipinski definition) is 7. The number of para-hydroxylation sites is 1. The molecule has 0 radical (unpaired) electrons. The minimum absolute atomic E-state index is 0.0133.